The van der Waals surface area contributed by atoms with Crippen LogP contribution < -0.4 is 16.4 Å². The molecule has 1 aromatic rings. The normalized spacial score (nSPS) is 10.5. The first kappa shape index (κ1) is 15.4. The van der Waals surface area contributed by atoms with Gasteiger partial charge in [0.1, 0.15) is 5.82 Å². The number of rotatable bonds is 8. The molecule has 6 heteroatoms. The van der Waals surface area contributed by atoms with Crippen molar-refractivity contribution in [3.05, 3.63) is 22.9 Å². The van der Waals surface area contributed by atoms with Gasteiger partial charge in [0, 0.05) is 32.4 Å². The summed E-state index contributed by atoms with van der Waals surface area (Å²) in [7, 11) is 1.67. The average molecular weight is 266 g/mol. The number of nitrogens with two attached hydrogens (primary N) is 1. The van der Waals surface area contributed by atoms with E-state index in [0.29, 0.717) is 24.5 Å². The minimum absolute atomic E-state index is 0.458. The zero-order valence-electron chi connectivity index (χ0n) is 11.7. The summed E-state index contributed by atoms with van der Waals surface area (Å²) in [5.74, 6) is 0.0957. The summed E-state index contributed by atoms with van der Waals surface area (Å²) in [6.07, 6.45) is 0. The standard InChI is InChI=1S/C13H22N4O2/c1-9-8-10(2)17-13(11(9)12(14)18)16-5-4-15-6-7-19-3/h8,15H,4-7H2,1-3H3,(H2,14,18)(H,16,17). The van der Waals surface area contributed by atoms with E-state index < -0.39 is 5.91 Å². The Bertz CT molecular complexity index is 435. The molecule has 0 atom stereocenters. The van der Waals surface area contributed by atoms with Gasteiger partial charge >= 0.3 is 0 Å². The van der Waals surface area contributed by atoms with Crippen LogP contribution in [0.5, 0.6) is 0 Å². The lowest BCUT2D eigenvalue weighted by Gasteiger charge is -2.12. The number of carbonyl (C=O) groups excluding carboxylic acids is 1. The van der Waals surface area contributed by atoms with Crippen molar-refractivity contribution in [1.82, 2.24) is 10.3 Å². The van der Waals surface area contributed by atoms with Crippen LogP contribution in [-0.2, 0) is 4.74 Å². The number of aryl methyl sites for hydroxylation is 2. The highest BCUT2D eigenvalue weighted by Crippen LogP contribution is 2.17. The molecule has 0 saturated carbocycles. The van der Waals surface area contributed by atoms with E-state index >= 15 is 0 Å². The van der Waals surface area contributed by atoms with Crippen LogP contribution in [0.4, 0.5) is 5.82 Å². The number of nitrogens with one attached hydrogen (secondary N) is 2. The van der Waals surface area contributed by atoms with Crippen molar-refractivity contribution >= 4 is 11.7 Å². The maximum atomic E-state index is 11.4. The van der Waals surface area contributed by atoms with Crippen LogP contribution in [0.3, 0.4) is 0 Å². The second-order valence-corrected chi connectivity index (χ2v) is 4.34. The van der Waals surface area contributed by atoms with Crippen molar-refractivity contribution in [3.8, 4) is 0 Å². The van der Waals surface area contributed by atoms with Gasteiger partial charge in [0.25, 0.3) is 5.91 Å². The molecule has 0 bridgehead atoms. The Hall–Kier alpha value is -1.66. The molecule has 0 aliphatic heterocycles. The Balaban J connectivity index is 2.59. The van der Waals surface area contributed by atoms with Crippen molar-refractivity contribution in [2.24, 2.45) is 5.73 Å². The second-order valence-electron chi connectivity index (χ2n) is 4.34. The zero-order chi connectivity index (χ0) is 14.3. The number of methoxy groups -OCH3 is 1. The van der Waals surface area contributed by atoms with E-state index in [0.717, 1.165) is 24.3 Å². The lowest BCUT2D eigenvalue weighted by molar-refractivity contribution is 0.1000. The van der Waals surface area contributed by atoms with E-state index in [4.69, 9.17) is 10.5 Å². The van der Waals surface area contributed by atoms with E-state index in [1.165, 1.54) is 0 Å². The van der Waals surface area contributed by atoms with Crippen LogP contribution in [0.25, 0.3) is 0 Å². The van der Waals surface area contributed by atoms with Gasteiger partial charge in [0.15, 0.2) is 0 Å². The van der Waals surface area contributed by atoms with Gasteiger partial charge < -0.3 is 21.1 Å². The minimum atomic E-state index is -0.458. The van der Waals surface area contributed by atoms with Gasteiger partial charge in [0.2, 0.25) is 0 Å². The second kappa shape index (κ2) is 7.70. The van der Waals surface area contributed by atoms with Crippen LogP contribution in [0.2, 0.25) is 0 Å². The fourth-order valence-electron chi connectivity index (χ4n) is 1.84. The van der Waals surface area contributed by atoms with E-state index in [1.807, 2.05) is 19.9 Å². The Morgan fingerprint density at radius 2 is 2.11 bits per heavy atom. The minimum Gasteiger partial charge on any atom is -0.383 e. The van der Waals surface area contributed by atoms with Gasteiger partial charge in [-0.05, 0) is 25.5 Å². The number of primary amides is 1. The average Bonchev–Trinajstić information content (AvgIpc) is 2.32. The number of anilines is 1. The third-order valence-corrected chi connectivity index (χ3v) is 2.67. The molecule has 1 aromatic heterocycles. The number of nitrogens with zero attached hydrogens (tertiary/aromatic N) is 1. The third kappa shape index (κ3) is 4.84. The highest BCUT2D eigenvalue weighted by Gasteiger charge is 2.13. The predicted molar refractivity (Wildman–Crippen MR) is 75.5 cm³/mol. The van der Waals surface area contributed by atoms with E-state index in [2.05, 4.69) is 15.6 Å². The number of aromatic nitrogens is 1. The van der Waals surface area contributed by atoms with Gasteiger partial charge in [-0.3, -0.25) is 4.79 Å². The maximum absolute atomic E-state index is 11.4. The van der Waals surface area contributed by atoms with Gasteiger partial charge in [0.05, 0.1) is 12.2 Å². The molecule has 1 amide bonds. The van der Waals surface area contributed by atoms with Gasteiger partial charge in [-0.15, -0.1) is 0 Å². The Kier molecular flexibility index (Phi) is 6.24. The van der Waals surface area contributed by atoms with E-state index in [1.54, 1.807) is 7.11 Å². The first-order chi connectivity index (χ1) is 9.06. The monoisotopic (exact) mass is 266 g/mol. The fourth-order valence-corrected chi connectivity index (χ4v) is 1.84. The zero-order valence-corrected chi connectivity index (χ0v) is 11.7. The molecule has 1 rings (SSSR count). The van der Waals surface area contributed by atoms with Crippen LogP contribution in [0, 0.1) is 13.8 Å². The number of amides is 1. The van der Waals surface area contributed by atoms with E-state index in [-0.39, 0.29) is 0 Å². The summed E-state index contributed by atoms with van der Waals surface area (Å²) < 4.78 is 4.93. The molecule has 0 radical (unpaired) electrons. The Labute approximate surface area is 113 Å². The highest BCUT2D eigenvalue weighted by molar-refractivity contribution is 5.99. The molecule has 19 heavy (non-hydrogen) atoms. The molecule has 0 fully saturated rings. The molecule has 0 spiro atoms. The number of ether oxygens (including phenoxy) is 1. The number of carbonyl (C=O) groups is 1. The largest absolute Gasteiger partial charge is 0.383 e. The van der Waals surface area contributed by atoms with Crippen molar-refractivity contribution < 1.29 is 9.53 Å². The van der Waals surface area contributed by atoms with Crippen LogP contribution >= 0.6 is 0 Å². The quantitative estimate of drug-likeness (QED) is 0.594. The molecule has 6 nitrogen and oxygen atoms in total. The smallest absolute Gasteiger partial charge is 0.252 e. The van der Waals surface area contributed by atoms with Gasteiger partial charge in [-0.2, -0.15) is 0 Å². The van der Waals surface area contributed by atoms with Crippen molar-refractivity contribution in [2.45, 2.75) is 13.8 Å². The van der Waals surface area contributed by atoms with Gasteiger partial charge in [-0.1, -0.05) is 0 Å². The predicted octanol–water partition coefficient (Wildman–Crippen LogP) is 0.445. The topological polar surface area (TPSA) is 89.3 Å². The van der Waals surface area contributed by atoms with Crippen LogP contribution in [0.15, 0.2) is 6.07 Å². The number of hydrogen-bond acceptors (Lipinski definition) is 5. The molecular formula is C13H22N4O2. The Morgan fingerprint density at radius 3 is 2.74 bits per heavy atom. The van der Waals surface area contributed by atoms with Crippen molar-refractivity contribution in [2.75, 3.05) is 38.7 Å². The van der Waals surface area contributed by atoms with Crippen molar-refractivity contribution in [1.29, 1.82) is 0 Å². The summed E-state index contributed by atoms with van der Waals surface area (Å²) in [4.78, 5) is 15.8. The number of pyridine rings is 1. The summed E-state index contributed by atoms with van der Waals surface area (Å²) in [6, 6.07) is 1.85. The highest BCUT2D eigenvalue weighted by atomic mass is 16.5. The van der Waals surface area contributed by atoms with Crippen LogP contribution in [-0.4, -0.2) is 44.2 Å². The lowest BCUT2D eigenvalue weighted by atomic mass is 10.1. The molecular weight excluding hydrogens is 244 g/mol. The summed E-state index contributed by atoms with van der Waals surface area (Å²) >= 11 is 0. The molecule has 0 saturated heterocycles. The Morgan fingerprint density at radius 1 is 1.37 bits per heavy atom. The summed E-state index contributed by atoms with van der Waals surface area (Å²) in [5, 5.41) is 6.34. The van der Waals surface area contributed by atoms with Gasteiger partial charge in [-0.25, -0.2) is 4.98 Å². The third-order valence-electron chi connectivity index (χ3n) is 2.67. The number of hydrogen-bond donors (Lipinski definition) is 3. The fraction of sp³-hybridized carbons (Fsp3) is 0.538. The molecule has 0 aromatic carbocycles. The summed E-state index contributed by atoms with van der Waals surface area (Å²) in [6.45, 7) is 6.64. The van der Waals surface area contributed by atoms with Crippen molar-refractivity contribution in [3.63, 3.8) is 0 Å². The molecule has 106 valence electrons. The molecule has 4 N–H and O–H groups in total. The molecule has 0 unspecified atom stereocenters. The maximum Gasteiger partial charge on any atom is 0.252 e. The summed E-state index contributed by atoms with van der Waals surface area (Å²) in [5.41, 5.74) is 7.55. The van der Waals surface area contributed by atoms with Crippen LogP contribution in [0.1, 0.15) is 21.6 Å². The lowest BCUT2D eigenvalue weighted by Crippen LogP contribution is -2.27. The molecule has 1 heterocycles. The first-order valence-corrected chi connectivity index (χ1v) is 6.27. The van der Waals surface area contributed by atoms with E-state index in [9.17, 15) is 4.79 Å². The SMILES string of the molecule is COCCNCCNc1nc(C)cc(C)c1C(N)=O. The first-order valence-electron chi connectivity index (χ1n) is 6.27. The molecule has 0 aliphatic carbocycles. The molecule has 0 aliphatic rings.